The van der Waals surface area contributed by atoms with E-state index in [-0.39, 0.29) is 24.3 Å². The zero-order chi connectivity index (χ0) is 21.8. The average molecular weight is 412 g/mol. The number of carbonyl (C=O) groups is 3. The molecule has 0 atom stereocenters. The van der Waals surface area contributed by atoms with Gasteiger partial charge in [0, 0.05) is 42.7 Å². The summed E-state index contributed by atoms with van der Waals surface area (Å²) >= 11 is 0. The van der Waals surface area contributed by atoms with Crippen LogP contribution in [0.1, 0.15) is 34.1 Å². The van der Waals surface area contributed by atoms with Gasteiger partial charge in [0.15, 0.2) is 0 Å². The molecule has 0 saturated carbocycles. The van der Waals surface area contributed by atoms with Crippen molar-refractivity contribution in [1.29, 1.82) is 0 Å². The third-order valence-electron chi connectivity index (χ3n) is 4.14. The van der Waals surface area contributed by atoms with Crippen LogP contribution in [0.4, 0.5) is 11.4 Å². The van der Waals surface area contributed by atoms with E-state index < -0.39 is 0 Å². The second kappa shape index (κ2) is 12.2. The molecule has 2 aromatic carbocycles. The lowest BCUT2D eigenvalue weighted by molar-refractivity contribution is -0.114. The van der Waals surface area contributed by atoms with E-state index in [1.54, 1.807) is 55.6 Å². The first-order valence-electron chi connectivity index (χ1n) is 9.82. The van der Waals surface area contributed by atoms with E-state index in [2.05, 4.69) is 21.3 Å². The van der Waals surface area contributed by atoms with Crippen LogP contribution in [-0.4, -0.2) is 51.1 Å². The van der Waals surface area contributed by atoms with Crippen LogP contribution in [0.15, 0.2) is 48.5 Å². The Morgan fingerprint density at radius 2 is 1.57 bits per heavy atom. The van der Waals surface area contributed by atoms with Crippen LogP contribution in [0.3, 0.4) is 0 Å². The van der Waals surface area contributed by atoms with E-state index in [0.717, 1.165) is 6.42 Å². The highest BCUT2D eigenvalue weighted by Crippen LogP contribution is 2.12. The molecule has 0 unspecified atom stereocenters. The van der Waals surface area contributed by atoms with Crippen LogP contribution in [0, 0.1) is 0 Å². The van der Waals surface area contributed by atoms with Gasteiger partial charge >= 0.3 is 0 Å². The number of hydrogen-bond acceptors (Lipinski definition) is 5. The Labute approximate surface area is 176 Å². The van der Waals surface area contributed by atoms with Crippen molar-refractivity contribution in [1.82, 2.24) is 10.6 Å². The summed E-state index contributed by atoms with van der Waals surface area (Å²) in [6, 6.07) is 13.6. The molecule has 0 aromatic heterocycles. The maximum atomic E-state index is 12.2. The highest BCUT2D eigenvalue weighted by Gasteiger charge is 2.08. The van der Waals surface area contributed by atoms with E-state index >= 15 is 0 Å². The van der Waals surface area contributed by atoms with E-state index in [9.17, 15) is 14.4 Å². The van der Waals surface area contributed by atoms with Gasteiger partial charge in [-0.25, -0.2) is 0 Å². The molecule has 4 N–H and O–H groups in total. The van der Waals surface area contributed by atoms with Crippen LogP contribution in [0.25, 0.3) is 0 Å². The fraction of sp³-hybridized carbons (Fsp3) is 0.318. The standard InChI is InChI=1S/C22H28N4O4/c1-3-11-23-22(29)17-5-4-6-19(14-17)25-15-20(27)26-18-9-7-16(8-10-18)21(28)24-12-13-30-2/h4-10,14,25H,3,11-13,15H2,1-2H3,(H,23,29)(H,24,28)(H,26,27). The third kappa shape index (κ3) is 7.56. The van der Waals surface area contributed by atoms with Crippen LogP contribution in [0.2, 0.25) is 0 Å². The Balaban J connectivity index is 1.83. The van der Waals surface area contributed by atoms with Crippen molar-refractivity contribution in [3.8, 4) is 0 Å². The van der Waals surface area contributed by atoms with Gasteiger partial charge in [0.05, 0.1) is 13.2 Å². The quantitative estimate of drug-likeness (QED) is 0.424. The fourth-order valence-electron chi connectivity index (χ4n) is 2.57. The number of nitrogens with one attached hydrogen (secondary N) is 4. The first-order chi connectivity index (χ1) is 14.5. The van der Waals surface area contributed by atoms with Crippen LogP contribution in [0.5, 0.6) is 0 Å². The molecule has 30 heavy (non-hydrogen) atoms. The molecule has 8 heteroatoms. The fourth-order valence-corrected chi connectivity index (χ4v) is 2.57. The Hall–Kier alpha value is -3.39. The first kappa shape index (κ1) is 22.9. The van der Waals surface area contributed by atoms with Crippen molar-refractivity contribution in [2.24, 2.45) is 0 Å². The number of benzene rings is 2. The number of anilines is 2. The number of amides is 3. The zero-order valence-corrected chi connectivity index (χ0v) is 17.3. The summed E-state index contributed by atoms with van der Waals surface area (Å²) in [5.74, 6) is -0.584. The number of hydrogen-bond donors (Lipinski definition) is 4. The topological polar surface area (TPSA) is 109 Å². The molecule has 0 bridgehead atoms. The largest absolute Gasteiger partial charge is 0.383 e. The zero-order valence-electron chi connectivity index (χ0n) is 17.3. The molecule has 0 aliphatic rings. The van der Waals surface area contributed by atoms with E-state index in [1.807, 2.05) is 6.92 Å². The molecule has 0 saturated heterocycles. The van der Waals surface area contributed by atoms with Gasteiger partial charge in [0.2, 0.25) is 5.91 Å². The van der Waals surface area contributed by atoms with E-state index in [1.165, 1.54) is 0 Å². The molecule has 0 aliphatic carbocycles. The molecule has 0 aliphatic heterocycles. The van der Waals surface area contributed by atoms with Crippen molar-refractivity contribution < 1.29 is 19.1 Å². The molecule has 0 radical (unpaired) electrons. The minimum atomic E-state index is -0.242. The number of carbonyl (C=O) groups excluding carboxylic acids is 3. The van der Waals surface area contributed by atoms with Crippen molar-refractivity contribution in [2.45, 2.75) is 13.3 Å². The second-order valence-electron chi connectivity index (χ2n) is 6.56. The number of ether oxygens (including phenoxy) is 1. The van der Waals surface area contributed by atoms with E-state index in [0.29, 0.717) is 42.2 Å². The lowest BCUT2D eigenvalue weighted by atomic mass is 10.2. The maximum absolute atomic E-state index is 12.2. The Morgan fingerprint density at radius 1 is 0.867 bits per heavy atom. The molecular formula is C22H28N4O4. The summed E-state index contributed by atoms with van der Waals surface area (Å²) < 4.78 is 4.89. The Morgan fingerprint density at radius 3 is 2.27 bits per heavy atom. The summed E-state index contributed by atoms with van der Waals surface area (Å²) in [7, 11) is 1.57. The molecular weight excluding hydrogens is 384 g/mol. The number of rotatable bonds is 11. The van der Waals surface area contributed by atoms with Gasteiger partial charge in [-0.2, -0.15) is 0 Å². The van der Waals surface area contributed by atoms with Crippen molar-refractivity contribution in [3.63, 3.8) is 0 Å². The Bertz CT molecular complexity index is 852. The lowest BCUT2D eigenvalue weighted by Gasteiger charge is -2.10. The van der Waals surface area contributed by atoms with Crippen LogP contribution < -0.4 is 21.3 Å². The van der Waals surface area contributed by atoms with Gasteiger partial charge in [-0.05, 0) is 48.9 Å². The molecule has 3 amide bonds. The van der Waals surface area contributed by atoms with Crippen molar-refractivity contribution in [3.05, 3.63) is 59.7 Å². The Kier molecular flexibility index (Phi) is 9.33. The normalized spacial score (nSPS) is 10.2. The van der Waals surface area contributed by atoms with Crippen molar-refractivity contribution >= 4 is 29.1 Å². The van der Waals surface area contributed by atoms with Crippen LogP contribution in [-0.2, 0) is 9.53 Å². The summed E-state index contributed by atoms with van der Waals surface area (Å²) in [5, 5.41) is 11.3. The van der Waals surface area contributed by atoms with Crippen molar-refractivity contribution in [2.75, 3.05) is 44.0 Å². The monoisotopic (exact) mass is 412 g/mol. The predicted octanol–water partition coefficient (Wildman–Crippen LogP) is 2.25. The molecule has 160 valence electrons. The third-order valence-corrected chi connectivity index (χ3v) is 4.14. The summed E-state index contributed by atoms with van der Waals surface area (Å²) in [6.07, 6.45) is 0.864. The summed E-state index contributed by atoms with van der Waals surface area (Å²) in [5.41, 5.74) is 2.30. The molecule has 0 spiro atoms. The van der Waals surface area contributed by atoms with Gasteiger partial charge in [-0.3, -0.25) is 14.4 Å². The minimum Gasteiger partial charge on any atom is -0.383 e. The number of methoxy groups -OCH3 is 1. The maximum Gasteiger partial charge on any atom is 0.251 e. The molecule has 0 heterocycles. The molecule has 0 fully saturated rings. The summed E-state index contributed by atoms with van der Waals surface area (Å²) in [6.45, 7) is 3.52. The van der Waals surface area contributed by atoms with Gasteiger partial charge in [0.1, 0.15) is 0 Å². The van der Waals surface area contributed by atoms with Gasteiger partial charge in [-0.15, -0.1) is 0 Å². The smallest absolute Gasteiger partial charge is 0.251 e. The molecule has 2 aromatic rings. The first-order valence-corrected chi connectivity index (χ1v) is 9.82. The minimum absolute atomic E-state index is 0.0410. The molecule has 2 rings (SSSR count). The molecule has 8 nitrogen and oxygen atoms in total. The van der Waals surface area contributed by atoms with Gasteiger partial charge < -0.3 is 26.0 Å². The van der Waals surface area contributed by atoms with E-state index in [4.69, 9.17) is 4.74 Å². The highest BCUT2D eigenvalue weighted by atomic mass is 16.5. The second-order valence-corrected chi connectivity index (χ2v) is 6.56. The SMILES string of the molecule is CCCNC(=O)c1cccc(NCC(=O)Nc2ccc(C(=O)NCCOC)cc2)c1. The van der Waals surface area contributed by atoms with Gasteiger partial charge in [0.25, 0.3) is 11.8 Å². The summed E-state index contributed by atoms with van der Waals surface area (Å²) in [4.78, 5) is 36.2. The van der Waals surface area contributed by atoms with Gasteiger partial charge in [-0.1, -0.05) is 13.0 Å². The predicted molar refractivity (Wildman–Crippen MR) is 117 cm³/mol. The lowest BCUT2D eigenvalue weighted by Crippen LogP contribution is -2.27. The average Bonchev–Trinajstić information content (AvgIpc) is 2.77. The highest BCUT2D eigenvalue weighted by molar-refractivity contribution is 5.97. The van der Waals surface area contributed by atoms with Crippen LogP contribution >= 0.6 is 0 Å².